The lowest BCUT2D eigenvalue weighted by molar-refractivity contribution is -0.116. The Morgan fingerprint density at radius 1 is 1.09 bits per heavy atom. The number of carbonyl (C=O) groups is 2. The average molecular weight is 500 g/mol. The third kappa shape index (κ3) is 5.82. The standard InChI is InChI=1S/C24H19Cl2N3O3S/c1-2-3-22(30)29-24-28-19-9-5-15(13-21(19)33-24)27-23(31)11-7-16-6-10-20(32-16)17-8-4-14(25)12-18(17)26/h4-13H,2-3H2,1H3,(H,27,31)(H,28,29,30)/b11-7+. The molecule has 2 heterocycles. The molecule has 0 saturated heterocycles. The van der Waals surface area contributed by atoms with Gasteiger partial charge in [-0.05, 0) is 61.0 Å². The quantitative estimate of drug-likeness (QED) is 0.262. The topological polar surface area (TPSA) is 84.2 Å². The molecule has 0 unspecified atom stereocenters. The molecule has 0 spiro atoms. The molecule has 0 aliphatic rings. The lowest BCUT2D eigenvalue weighted by Crippen LogP contribution is -2.09. The highest BCUT2D eigenvalue weighted by atomic mass is 35.5. The van der Waals surface area contributed by atoms with Gasteiger partial charge in [0.1, 0.15) is 11.5 Å². The Bertz CT molecular complexity index is 1360. The molecule has 0 bridgehead atoms. The molecule has 168 valence electrons. The van der Waals surface area contributed by atoms with Crippen LogP contribution in [0, 0.1) is 0 Å². The van der Waals surface area contributed by atoms with Gasteiger partial charge in [-0.1, -0.05) is 41.5 Å². The van der Waals surface area contributed by atoms with Crippen LogP contribution in [0.25, 0.3) is 27.6 Å². The van der Waals surface area contributed by atoms with Crippen molar-refractivity contribution >= 4 is 73.5 Å². The van der Waals surface area contributed by atoms with Crippen LogP contribution in [0.15, 0.2) is 59.0 Å². The number of hydrogen-bond donors (Lipinski definition) is 2. The minimum atomic E-state index is -0.308. The summed E-state index contributed by atoms with van der Waals surface area (Å²) < 4.78 is 6.63. The molecule has 2 aromatic carbocycles. The molecular weight excluding hydrogens is 481 g/mol. The van der Waals surface area contributed by atoms with Crippen LogP contribution >= 0.6 is 34.5 Å². The maximum absolute atomic E-state index is 12.4. The first-order valence-corrected chi connectivity index (χ1v) is 11.7. The number of fused-ring (bicyclic) bond motifs is 1. The second-order valence-corrected chi connectivity index (χ2v) is 9.02. The van der Waals surface area contributed by atoms with Gasteiger partial charge in [0.25, 0.3) is 0 Å². The van der Waals surface area contributed by atoms with Crippen LogP contribution in [0.5, 0.6) is 0 Å². The zero-order chi connectivity index (χ0) is 23.4. The molecule has 0 fully saturated rings. The second-order valence-electron chi connectivity index (χ2n) is 7.15. The van der Waals surface area contributed by atoms with Gasteiger partial charge >= 0.3 is 0 Å². The van der Waals surface area contributed by atoms with E-state index in [-0.39, 0.29) is 11.8 Å². The Labute approximate surface area is 204 Å². The van der Waals surface area contributed by atoms with E-state index in [2.05, 4.69) is 15.6 Å². The molecule has 0 aliphatic heterocycles. The fourth-order valence-electron chi connectivity index (χ4n) is 3.08. The molecule has 6 nitrogen and oxygen atoms in total. The fraction of sp³-hybridized carbons (Fsp3) is 0.125. The molecule has 0 saturated carbocycles. The van der Waals surface area contributed by atoms with Gasteiger partial charge < -0.3 is 15.1 Å². The van der Waals surface area contributed by atoms with Crippen molar-refractivity contribution in [1.82, 2.24) is 4.98 Å². The summed E-state index contributed by atoms with van der Waals surface area (Å²) in [7, 11) is 0. The number of thiazole rings is 1. The van der Waals surface area contributed by atoms with Gasteiger partial charge in [-0.3, -0.25) is 9.59 Å². The first kappa shape index (κ1) is 23.0. The van der Waals surface area contributed by atoms with E-state index >= 15 is 0 Å². The SMILES string of the molecule is CCCC(=O)Nc1nc2ccc(NC(=O)/C=C/c3ccc(-c4ccc(Cl)cc4Cl)o3)cc2s1. The molecule has 2 amide bonds. The summed E-state index contributed by atoms with van der Waals surface area (Å²) in [6, 6.07) is 14.1. The molecule has 0 aliphatic carbocycles. The van der Waals surface area contributed by atoms with Crippen LogP contribution in [0.3, 0.4) is 0 Å². The summed E-state index contributed by atoms with van der Waals surface area (Å²) in [6.07, 6.45) is 4.19. The summed E-state index contributed by atoms with van der Waals surface area (Å²) in [5.74, 6) is 0.721. The zero-order valence-electron chi connectivity index (χ0n) is 17.5. The van der Waals surface area contributed by atoms with Gasteiger partial charge in [-0.25, -0.2) is 4.98 Å². The number of nitrogens with one attached hydrogen (secondary N) is 2. The van der Waals surface area contributed by atoms with Gasteiger partial charge in [-0.15, -0.1) is 0 Å². The summed E-state index contributed by atoms with van der Waals surface area (Å²) in [6.45, 7) is 1.95. The number of halogens is 2. The van der Waals surface area contributed by atoms with E-state index in [0.29, 0.717) is 44.4 Å². The largest absolute Gasteiger partial charge is 0.457 e. The van der Waals surface area contributed by atoms with Crippen LogP contribution < -0.4 is 10.6 Å². The third-order valence-corrected chi connectivity index (χ3v) is 6.08. The van der Waals surface area contributed by atoms with Crippen molar-refractivity contribution < 1.29 is 14.0 Å². The first-order chi connectivity index (χ1) is 15.9. The summed E-state index contributed by atoms with van der Waals surface area (Å²) in [4.78, 5) is 28.5. The number of carbonyl (C=O) groups excluding carboxylic acids is 2. The lowest BCUT2D eigenvalue weighted by atomic mass is 10.2. The van der Waals surface area contributed by atoms with Crippen molar-refractivity contribution in [2.75, 3.05) is 10.6 Å². The predicted molar refractivity (Wildman–Crippen MR) is 135 cm³/mol. The lowest BCUT2D eigenvalue weighted by Gasteiger charge is -2.01. The van der Waals surface area contributed by atoms with E-state index < -0.39 is 0 Å². The van der Waals surface area contributed by atoms with Crippen LogP contribution in [-0.2, 0) is 9.59 Å². The Hall–Kier alpha value is -3.13. The predicted octanol–water partition coefficient (Wildman–Crippen LogP) is 7.25. The van der Waals surface area contributed by atoms with Crippen LogP contribution in [0.2, 0.25) is 10.0 Å². The summed E-state index contributed by atoms with van der Waals surface area (Å²) >= 11 is 13.5. The zero-order valence-corrected chi connectivity index (χ0v) is 19.9. The van der Waals surface area contributed by atoms with Crippen molar-refractivity contribution in [3.63, 3.8) is 0 Å². The van der Waals surface area contributed by atoms with Crippen molar-refractivity contribution in [2.24, 2.45) is 0 Å². The van der Waals surface area contributed by atoms with Gasteiger partial charge in [-0.2, -0.15) is 0 Å². The van der Waals surface area contributed by atoms with Gasteiger partial charge in [0.2, 0.25) is 11.8 Å². The maximum Gasteiger partial charge on any atom is 0.248 e. The number of benzene rings is 2. The number of anilines is 2. The van der Waals surface area contributed by atoms with E-state index in [1.165, 1.54) is 17.4 Å². The van der Waals surface area contributed by atoms with Crippen molar-refractivity contribution in [3.05, 3.63) is 70.4 Å². The van der Waals surface area contributed by atoms with Gasteiger partial charge in [0.15, 0.2) is 5.13 Å². The number of amides is 2. The molecular formula is C24H19Cl2N3O3S. The minimum Gasteiger partial charge on any atom is -0.457 e. The first-order valence-electron chi connectivity index (χ1n) is 10.2. The van der Waals surface area contributed by atoms with E-state index in [4.69, 9.17) is 27.6 Å². The highest BCUT2D eigenvalue weighted by Gasteiger charge is 2.10. The van der Waals surface area contributed by atoms with E-state index in [1.807, 2.05) is 13.0 Å². The maximum atomic E-state index is 12.4. The normalized spacial score (nSPS) is 11.2. The number of furan rings is 1. The molecule has 0 atom stereocenters. The van der Waals surface area contributed by atoms with E-state index in [9.17, 15) is 9.59 Å². The second kappa shape index (κ2) is 10.2. The highest BCUT2D eigenvalue weighted by molar-refractivity contribution is 7.22. The number of nitrogens with zero attached hydrogens (tertiary/aromatic N) is 1. The van der Waals surface area contributed by atoms with Crippen molar-refractivity contribution in [1.29, 1.82) is 0 Å². The summed E-state index contributed by atoms with van der Waals surface area (Å²) in [5.41, 5.74) is 2.10. The fourth-order valence-corrected chi connectivity index (χ4v) is 4.51. The van der Waals surface area contributed by atoms with Crippen LogP contribution in [0.1, 0.15) is 25.5 Å². The molecule has 4 aromatic rings. The summed E-state index contributed by atoms with van der Waals surface area (Å²) in [5, 5.41) is 7.18. The molecule has 0 radical (unpaired) electrons. The number of aromatic nitrogens is 1. The average Bonchev–Trinajstić information content (AvgIpc) is 3.38. The van der Waals surface area contributed by atoms with E-state index in [0.717, 1.165) is 16.6 Å². The molecule has 9 heteroatoms. The Kier molecular flexibility index (Phi) is 7.13. The minimum absolute atomic E-state index is 0.0605. The third-order valence-electron chi connectivity index (χ3n) is 4.60. The Morgan fingerprint density at radius 2 is 1.94 bits per heavy atom. The van der Waals surface area contributed by atoms with Gasteiger partial charge in [0.05, 0.1) is 15.2 Å². The Balaban J connectivity index is 1.41. The van der Waals surface area contributed by atoms with E-state index in [1.54, 1.807) is 48.5 Å². The molecule has 2 N–H and O–H groups in total. The van der Waals surface area contributed by atoms with Crippen molar-refractivity contribution in [3.8, 4) is 11.3 Å². The molecule has 4 rings (SSSR count). The number of rotatable bonds is 7. The monoisotopic (exact) mass is 499 g/mol. The Morgan fingerprint density at radius 3 is 2.73 bits per heavy atom. The highest BCUT2D eigenvalue weighted by Crippen LogP contribution is 2.32. The van der Waals surface area contributed by atoms with Crippen LogP contribution in [-0.4, -0.2) is 16.8 Å². The van der Waals surface area contributed by atoms with Crippen LogP contribution in [0.4, 0.5) is 10.8 Å². The number of hydrogen-bond acceptors (Lipinski definition) is 5. The van der Waals surface area contributed by atoms with Crippen molar-refractivity contribution in [2.45, 2.75) is 19.8 Å². The smallest absolute Gasteiger partial charge is 0.248 e. The van der Waals surface area contributed by atoms with Gasteiger partial charge in [0, 0.05) is 28.8 Å². The molecule has 2 aromatic heterocycles. The molecule has 33 heavy (non-hydrogen) atoms.